The standard InChI is InChI=1S/C59H109NO8/c1-3-5-7-9-11-13-15-16-17-18-19-20-21-22-23-24-25-26-27-28-29-30-31-32-33-34-35-36-37-38-39-41-43-45-47-49-55(63)60-52(51-67-59-58(66)57(65)56(64)54(50-61)68-59)53(62)48-46-44-42-40-14-12-10-8-6-4-2/h5,7,11,13,16-17,19-20,52-54,56-59,61-62,64-66H,3-4,6,8-10,12,14-15,18,21-51H2,1-2H3,(H,60,63)/b7-5-,13-11-,17-16-,20-19-. The summed E-state index contributed by atoms with van der Waals surface area (Å²) >= 11 is 0. The fourth-order valence-corrected chi connectivity index (χ4v) is 9.15. The molecule has 1 rings (SSSR count). The van der Waals surface area contributed by atoms with Gasteiger partial charge in [0.25, 0.3) is 0 Å². The molecule has 1 fully saturated rings. The third-order valence-electron chi connectivity index (χ3n) is 13.7. The van der Waals surface area contributed by atoms with E-state index in [0.29, 0.717) is 12.8 Å². The van der Waals surface area contributed by atoms with E-state index < -0.39 is 49.5 Å². The van der Waals surface area contributed by atoms with Gasteiger partial charge < -0.3 is 40.3 Å². The van der Waals surface area contributed by atoms with Crippen molar-refractivity contribution in [3.63, 3.8) is 0 Å². The van der Waals surface area contributed by atoms with Gasteiger partial charge in [-0.15, -0.1) is 0 Å². The highest BCUT2D eigenvalue weighted by molar-refractivity contribution is 5.76. The van der Waals surface area contributed by atoms with E-state index >= 15 is 0 Å². The van der Waals surface area contributed by atoms with Gasteiger partial charge >= 0.3 is 0 Å². The summed E-state index contributed by atoms with van der Waals surface area (Å²) in [6.45, 7) is 3.72. The minimum absolute atomic E-state index is 0.135. The van der Waals surface area contributed by atoms with Crippen molar-refractivity contribution < 1.29 is 39.8 Å². The zero-order chi connectivity index (χ0) is 49.4. The Morgan fingerprint density at radius 2 is 0.912 bits per heavy atom. The van der Waals surface area contributed by atoms with Crippen molar-refractivity contribution in [3.8, 4) is 0 Å². The Labute approximate surface area is 418 Å². The molecule has 0 aromatic carbocycles. The molecule has 0 aliphatic carbocycles. The van der Waals surface area contributed by atoms with Crippen LogP contribution in [0, 0.1) is 0 Å². The Kier molecular flexibility index (Phi) is 46.0. The molecule has 0 bridgehead atoms. The van der Waals surface area contributed by atoms with E-state index in [9.17, 15) is 30.3 Å². The highest BCUT2D eigenvalue weighted by Gasteiger charge is 2.44. The van der Waals surface area contributed by atoms with Crippen LogP contribution in [0.15, 0.2) is 48.6 Å². The highest BCUT2D eigenvalue weighted by Crippen LogP contribution is 2.23. The molecule has 1 saturated heterocycles. The van der Waals surface area contributed by atoms with Crippen molar-refractivity contribution in [2.24, 2.45) is 0 Å². The summed E-state index contributed by atoms with van der Waals surface area (Å²) in [5.41, 5.74) is 0. The van der Waals surface area contributed by atoms with Crippen molar-refractivity contribution in [2.75, 3.05) is 13.2 Å². The first kappa shape index (κ1) is 64.2. The topological polar surface area (TPSA) is 149 Å². The van der Waals surface area contributed by atoms with Gasteiger partial charge in [0.15, 0.2) is 6.29 Å². The lowest BCUT2D eigenvalue weighted by Crippen LogP contribution is -2.60. The van der Waals surface area contributed by atoms with Gasteiger partial charge in [0.2, 0.25) is 5.91 Å². The van der Waals surface area contributed by atoms with E-state index in [4.69, 9.17) is 9.47 Å². The molecule has 1 aliphatic rings. The number of nitrogens with one attached hydrogen (secondary N) is 1. The lowest BCUT2D eigenvalue weighted by Gasteiger charge is -2.40. The molecule has 6 N–H and O–H groups in total. The third kappa shape index (κ3) is 37.9. The number of carbonyl (C=O) groups excluding carboxylic acids is 1. The number of aliphatic hydroxyl groups excluding tert-OH is 5. The van der Waals surface area contributed by atoms with Crippen LogP contribution in [0.25, 0.3) is 0 Å². The van der Waals surface area contributed by atoms with Crippen LogP contribution in [0.4, 0.5) is 0 Å². The maximum Gasteiger partial charge on any atom is 0.220 e. The molecule has 7 atom stereocenters. The monoisotopic (exact) mass is 960 g/mol. The Morgan fingerprint density at radius 1 is 0.515 bits per heavy atom. The molecule has 1 amide bonds. The minimum atomic E-state index is -1.55. The number of hydrogen-bond acceptors (Lipinski definition) is 8. The van der Waals surface area contributed by atoms with Crippen LogP contribution in [0.5, 0.6) is 0 Å². The molecular weight excluding hydrogens is 851 g/mol. The summed E-state index contributed by atoms with van der Waals surface area (Å²) in [6, 6.07) is -0.715. The molecule has 1 heterocycles. The molecule has 398 valence electrons. The Bertz CT molecular complexity index is 1210. The molecule has 0 aromatic heterocycles. The maximum atomic E-state index is 13.0. The number of aliphatic hydroxyl groups is 5. The molecule has 7 unspecified atom stereocenters. The predicted octanol–water partition coefficient (Wildman–Crippen LogP) is 14.1. The van der Waals surface area contributed by atoms with E-state index in [1.165, 1.54) is 173 Å². The second kappa shape index (κ2) is 48.8. The van der Waals surface area contributed by atoms with E-state index in [1.807, 2.05) is 0 Å². The Morgan fingerprint density at radius 3 is 1.35 bits per heavy atom. The number of allylic oxidation sites excluding steroid dienone is 8. The van der Waals surface area contributed by atoms with Crippen LogP contribution >= 0.6 is 0 Å². The lowest BCUT2D eigenvalue weighted by molar-refractivity contribution is -0.302. The highest BCUT2D eigenvalue weighted by atomic mass is 16.7. The summed E-state index contributed by atoms with van der Waals surface area (Å²) in [5.74, 6) is -0.143. The summed E-state index contributed by atoms with van der Waals surface area (Å²) < 4.78 is 11.3. The van der Waals surface area contributed by atoms with Gasteiger partial charge in [0.1, 0.15) is 24.4 Å². The van der Waals surface area contributed by atoms with Crippen molar-refractivity contribution >= 4 is 5.91 Å². The largest absolute Gasteiger partial charge is 0.394 e. The smallest absolute Gasteiger partial charge is 0.220 e. The third-order valence-corrected chi connectivity index (χ3v) is 13.7. The number of amides is 1. The van der Waals surface area contributed by atoms with E-state index in [-0.39, 0.29) is 12.5 Å². The van der Waals surface area contributed by atoms with Crippen molar-refractivity contribution in [1.82, 2.24) is 5.32 Å². The minimum Gasteiger partial charge on any atom is -0.394 e. The van der Waals surface area contributed by atoms with E-state index in [0.717, 1.165) is 64.2 Å². The molecule has 9 heteroatoms. The number of ether oxygens (including phenoxy) is 2. The summed E-state index contributed by atoms with van der Waals surface area (Å²) in [4.78, 5) is 13.0. The number of hydrogen-bond donors (Lipinski definition) is 6. The van der Waals surface area contributed by atoms with Crippen LogP contribution in [0.2, 0.25) is 0 Å². The average Bonchev–Trinajstić information content (AvgIpc) is 3.34. The fourth-order valence-electron chi connectivity index (χ4n) is 9.15. The van der Waals surface area contributed by atoms with Gasteiger partial charge in [-0.3, -0.25) is 4.79 Å². The Hall–Kier alpha value is -1.85. The van der Waals surface area contributed by atoms with Gasteiger partial charge in [0, 0.05) is 6.42 Å². The summed E-state index contributed by atoms with van der Waals surface area (Å²) in [7, 11) is 0. The molecule has 1 aliphatic heterocycles. The number of rotatable bonds is 49. The molecular formula is C59H109NO8. The second-order valence-corrected chi connectivity index (χ2v) is 20.1. The summed E-state index contributed by atoms with van der Waals surface area (Å²) in [6.07, 6.45) is 57.4. The zero-order valence-corrected chi connectivity index (χ0v) is 44.1. The molecule has 0 aromatic rings. The van der Waals surface area contributed by atoms with Gasteiger partial charge in [-0.2, -0.15) is 0 Å². The van der Waals surface area contributed by atoms with Crippen LogP contribution in [0.1, 0.15) is 264 Å². The molecule has 0 radical (unpaired) electrons. The van der Waals surface area contributed by atoms with Crippen LogP contribution in [-0.2, 0) is 14.3 Å². The van der Waals surface area contributed by atoms with Gasteiger partial charge in [-0.1, -0.05) is 255 Å². The van der Waals surface area contributed by atoms with E-state index in [1.54, 1.807) is 0 Å². The molecule has 0 spiro atoms. The quantitative estimate of drug-likeness (QED) is 0.0261. The van der Waals surface area contributed by atoms with E-state index in [2.05, 4.69) is 67.8 Å². The molecule has 0 saturated carbocycles. The van der Waals surface area contributed by atoms with Gasteiger partial charge in [-0.05, 0) is 51.4 Å². The number of unbranched alkanes of at least 4 members (excludes halogenated alkanes) is 31. The first-order valence-electron chi connectivity index (χ1n) is 28.8. The molecule has 68 heavy (non-hydrogen) atoms. The fraction of sp³-hybridized carbons (Fsp3) is 0.847. The van der Waals surface area contributed by atoms with Crippen molar-refractivity contribution in [2.45, 2.75) is 307 Å². The summed E-state index contributed by atoms with van der Waals surface area (Å²) in [5, 5.41) is 54.4. The normalized spacial score (nSPS) is 19.9. The van der Waals surface area contributed by atoms with Crippen LogP contribution in [-0.4, -0.2) is 87.5 Å². The number of carbonyl (C=O) groups is 1. The zero-order valence-electron chi connectivity index (χ0n) is 44.1. The Balaban J connectivity index is 2.04. The average molecular weight is 961 g/mol. The van der Waals surface area contributed by atoms with Crippen LogP contribution in [0.3, 0.4) is 0 Å². The maximum absolute atomic E-state index is 13.0. The van der Waals surface area contributed by atoms with Crippen molar-refractivity contribution in [1.29, 1.82) is 0 Å². The predicted molar refractivity (Wildman–Crippen MR) is 286 cm³/mol. The van der Waals surface area contributed by atoms with Crippen molar-refractivity contribution in [3.05, 3.63) is 48.6 Å². The van der Waals surface area contributed by atoms with Crippen LogP contribution < -0.4 is 5.32 Å². The SMILES string of the molecule is CC/C=C\C/C=C\C/C=C\C/C=C\CCCCCCCCCCCCCCCCCCCCCCCCC(=O)NC(COC1OC(CO)C(O)C(O)C1O)C(O)CCCCCCCCCCCC. The first-order valence-corrected chi connectivity index (χ1v) is 28.8. The second-order valence-electron chi connectivity index (χ2n) is 20.1. The lowest BCUT2D eigenvalue weighted by atomic mass is 9.99. The van der Waals surface area contributed by atoms with Gasteiger partial charge in [-0.25, -0.2) is 0 Å². The molecule has 9 nitrogen and oxygen atoms in total. The van der Waals surface area contributed by atoms with Gasteiger partial charge in [0.05, 0.1) is 25.4 Å². The first-order chi connectivity index (χ1) is 33.3.